The number of nitrogens with one attached hydrogen (secondary N) is 2. The topological polar surface area (TPSA) is 42.5 Å². The Morgan fingerprint density at radius 1 is 0.735 bits per heavy atom. The highest BCUT2D eigenvalue weighted by atomic mass is 16.5. The van der Waals surface area contributed by atoms with E-state index in [-0.39, 0.29) is 18.0 Å². The van der Waals surface area contributed by atoms with Crippen molar-refractivity contribution >= 4 is 11.4 Å². The van der Waals surface area contributed by atoms with Gasteiger partial charge in [-0.1, -0.05) is 72.8 Å². The lowest BCUT2D eigenvalue weighted by molar-refractivity contribution is 0.413. The van der Waals surface area contributed by atoms with Gasteiger partial charge in [0.25, 0.3) is 0 Å². The predicted molar refractivity (Wildman–Crippen MR) is 139 cm³/mol. The Bertz CT molecular complexity index is 1230. The minimum absolute atomic E-state index is 0.0605. The molecule has 5 rings (SSSR count). The molecule has 4 aromatic carbocycles. The Kier molecular flexibility index (Phi) is 6.39. The van der Waals surface area contributed by atoms with Crippen LogP contribution >= 0.6 is 0 Å². The Morgan fingerprint density at radius 2 is 1.44 bits per heavy atom. The van der Waals surface area contributed by atoms with E-state index in [0.717, 1.165) is 29.3 Å². The fourth-order valence-electron chi connectivity index (χ4n) is 4.98. The van der Waals surface area contributed by atoms with Gasteiger partial charge in [-0.25, -0.2) is 0 Å². The Morgan fingerprint density at radius 3 is 2.18 bits per heavy atom. The van der Waals surface area contributed by atoms with Gasteiger partial charge in [0.15, 0.2) is 0 Å². The number of methoxy groups -OCH3 is 2. The number of anilines is 2. The molecule has 4 aromatic rings. The van der Waals surface area contributed by atoms with Gasteiger partial charge in [0, 0.05) is 35.5 Å². The summed E-state index contributed by atoms with van der Waals surface area (Å²) < 4.78 is 11.0. The first-order valence-corrected chi connectivity index (χ1v) is 11.7. The van der Waals surface area contributed by atoms with Crippen molar-refractivity contribution in [1.82, 2.24) is 0 Å². The highest BCUT2D eigenvalue weighted by Gasteiger charge is 2.38. The summed E-state index contributed by atoms with van der Waals surface area (Å²) in [5.41, 5.74) is 5.98. The molecule has 4 nitrogen and oxygen atoms in total. The number of fused-ring (bicyclic) bond motifs is 1. The average Bonchev–Trinajstić information content (AvgIpc) is 2.89. The van der Waals surface area contributed by atoms with Crippen molar-refractivity contribution in [2.45, 2.75) is 24.4 Å². The molecule has 1 aliphatic rings. The smallest absolute Gasteiger partial charge is 0.120 e. The second-order valence-corrected chi connectivity index (χ2v) is 8.68. The van der Waals surface area contributed by atoms with E-state index < -0.39 is 0 Å². The van der Waals surface area contributed by atoms with Crippen LogP contribution in [0.2, 0.25) is 0 Å². The lowest BCUT2D eigenvalue weighted by atomic mass is 9.76. The summed E-state index contributed by atoms with van der Waals surface area (Å²) in [6, 6.07) is 36.2. The molecule has 0 saturated carbocycles. The standard InChI is InChI=1S/C30H30N2O2/c1-33-24-15-9-14-23(19-24)31-30-26-17-16-25(34-2)20-27(26)32-28(18-21-10-5-3-6-11-21)29(30)22-12-7-4-8-13-22/h3-17,19-20,28-32H,18H2,1-2H3/t28-,29+,30-/m1/s1. The Labute approximate surface area is 201 Å². The molecule has 0 bridgehead atoms. The third kappa shape index (κ3) is 4.58. The van der Waals surface area contributed by atoms with Gasteiger partial charge in [-0.05, 0) is 41.3 Å². The Hall–Kier alpha value is -3.92. The monoisotopic (exact) mass is 450 g/mol. The van der Waals surface area contributed by atoms with Crippen LogP contribution in [0.1, 0.15) is 28.7 Å². The molecule has 0 spiro atoms. The van der Waals surface area contributed by atoms with E-state index in [4.69, 9.17) is 9.47 Å². The largest absolute Gasteiger partial charge is 0.497 e. The van der Waals surface area contributed by atoms with E-state index in [1.54, 1.807) is 14.2 Å². The molecule has 34 heavy (non-hydrogen) atoms. The summed E-state index contributed by atoms with van der Waals surface area (Å²) >= 11 is 0. The molecule has 0 aliphatic carbocycles. The minimum atomic E-state index is 0.0605. The van der Waals surface area contributed by atoms with Crippen LogP contribution in [0.4, 0.5) is 11.4 Å². The van der Waals surface area contributed by atoms with Crippen LogP contribution in [-0.4, -0.2) is 20.3 Å². The van der Waals surface area contributed by atoms with Crippen molar-refractivity contribution in [2.24, 2.45) is 0 Å². The van der Waals surface area contributed by atoms with E-state index in [9.17, 15) is 0 Å². The fraction of sp³-hybridized carbons (Fsp3) is 0.200. The SMILES string of the molecule is COc1cccc(N[C@@H]2c3ccc(OC)cc3N[C@H](Cc3ccccc3)[C@@H]2c2ccccc2)c1. The first-order chi connectivity index (χ1) is 16.7. The zero-order valence-corrected chi connectivity index (χ0v) is 19.6. The number of ether oxygens (including phenoxy) is 2. The van der Waals surface area contributed by atoms with Crippen molar-refractivity contribution < 1.29 is 9.47 Å². The minimum Gasteiger partial charge on any atom is -0.497 e. The Balaban J connectivity index is 1.62. The van der Waals surface area contributed by atoms with Gasteiger partial charge in [-0.3, -0.25) is 0 Å². The van der Waals surface area contributed by atoms with E-state index in [0.29, 0.717) is 0 Å². The number of hydrogen-bond donors (Lipinski definition) is 2. The van der Waals surface area contributed by atoms with Gasteiger partial charge in [0.1, 0.15) is 11.5 Å². The van der Waals surface area contributed by atoms with Crippen LogP contribution in [0, 0.1) is 0 Å². The molecular weight excluding hydrogens is 420 g/mol. The molecule has 0 saturated heterocycles. The highest BCUT2D eigenvalue weighted by Crippen LogP contribution is 2.46. The quantitative estimate of drug-likeness (QED) is 0.330. The summed E-state index contributed by atoms with van der Waals surface area (Å²) in [4.78, 5) is 0. The summed E-state index contributed by atoms with van der Waals surface area (Å²) in [7, 11) is 3.42. The third-order valence-corrected chi connectivity index (χ3v) is 6.60. The van der Waals surface area contributed by atoms with Crippen LogP contribution in [0.25, 0.3) is 0 Å². The van der Waals surface area contributed by atoms with E-state index >= 15 is 0 Å². The van der Waals surface area contributed by atoms with Crippen LogP contribution in [0.3, 0.4) is 0 Å². The number of benzene rings is 4. The third-order valence-electron chi connectivity index (χ3n) is 6.60. The zero-order chi connectivity index (χ0) is 23.3. The number of rotatable bonds is 7. The van der Waals surface area contributed by atoms with Crippen LogP contribution in [0.5, 0.6) is 11.5 Å². The number of hydrogen-bond acceptors (Lipinski definition) is 4. The van der Waals surface area contributed by atoms with Crippen molar-refractivity contribution in [2.75, 3.05) is 24.9 Å². The van der Waals surface area contributed by atoms with E-state index in [1.807, 2.05) is 18.2 Å². The van der Waals surface area contributed by atoms with Crippen LogP contribution in [-0.2, 0) is 6.42 Å². The second-order valence-electron chi connectivity index (χ2n) is 8.68. The van der Waals surface area contributed by atoms with Gasteiger partial charge in [0.05, 0.1) is 20.3 Å². The molecule has 3 atom stereocenters. The molecule has 2 N–H and O–H groups in total. The van der Waals surface area contributed by atoms with Gasteiger partial charge in [-0.15, -0.1) is 0 Å². The summed E-state index contributed by atoms with van der Waals surface area (Å²) in [6.45, 7) is 0. The van der Waals surface area contributed by atoms with Crippen molar-refractivity contribution in [3.05, 3.63) is 120 Å². The van der Waals surface area contributed by atoms with Gasteiger partial charge >= 0.3 is 0 Å². The van der Waals surface area contributed by atoms with Crippen LogP contribution < -0.4 is 20.1 Å². The van der Waals surface area contributed by atoms with Crippen molar-refractivity contribution in [1.29, 1.82) is 0 Å². The second kappa shape index (κ2) is 9.92. The lowest BCUT2D eigenvalue weighted by Crippen LogP contribution is -2.40. The summed E-state index contributed by atoms with van der Waals surface area (Å²) in [6.07, 6.45) is 0.910. The first kappa shape index (κ1) is 21.9. The van der Waals surface area contributed by atoms with Gasteiger partial charge < -0.3 is 20.1 Å². The molecule has 4 heteroatoms. The lowest BCUT2D eigenvalue weighted by Gasteiger charge is -2.42. The maximum atomic E-state index is 5.55. The molecule has 1 aliphatic heterocycles. The van der Waals surface area contributed by atoms with Gasteiger partial charge in [0.2, 0.25) is 0 Å². The molecule has 0 radical (unpaired) electrons. The maximum Gasteiger partial charge on any atom is 0.120 e. The zero-order valence-electron chi connectivity index (χ0n) is 19.6. The first-order valence-electron chi connectivity index (χ1n) is 11.7. The van der Waals surface area contributed by atoms with E-state index in [1.165, 1.54) is 16.7 Å². The fourth-order valence-corrected chi connectivity index (χ4v) is 4.98. The van der Waals surface area contributed by atoms with E-state index in [2.05, 4.69) is 95.6 Å². The summed E-state index contributed by atoms with van der Waals surface area (Å²) in [5.74, 6) is 1.89. The molecule has 0 aromatic heterocycles. The molecule has 0 fully saturated rings. The van der Waals surface area contributed by atoms with Crippen LogP contribution in [0.15, 0.2) is 103 Å². The molecular formula is C30H30N2O2. The summed E-state index contributed by atoms with van der Waals surface area (Å²) in [5, 5.41) is 7.72. The van der Waals surface area contributed by atoms with Crippen molar-refractivity contribution in [3.63, 3.8) is 0 Å². The van der Waals surface area contributed by atoms with Gasteiger partial charge in [-0.2, -0.15) is 0 Å². The molecule has 1 heterocycles. The highest BCUT2D eigenvalue weighted by molar-refractivity contribution is 5.64. The molecule has 172 valence electrons. The molecule has 0 unspecified atom stereocenters. The average molecular weight is 451 g/mol. The maximum absolute atomic E-state index is 5.55. The normalized spacial score (nSPS) is 18.9. The molecule has 0 amide bonds. The van der Waals surface area contributed by atoms with Crippen molar-refractivity contribution in [3.8, 4) is 11.5 Å². The predicted octanol–water partition coefficient (Wildman–Crippen LogP) is 6.68.